The van der Waals surface area contributed by atoms with Gasteiger partial charge in [-0.3, -0.25) is 9.78 Å². The van der Waals surface area contributed by atoms with Crippen LogP contribution in [0.1, 0.15) is 43.1 Å². The van der Waals surface area contributed by atoms with Crippen molar-refractivity contribution in [2.45, 2.75) is 38.1 Å². The van der Waals surface area contributed by atoms with E-state index < -0.39 is 6.04 Å². The molecule has 0 radical (unpaired) electrons. The van der Waals surface area contributed by atoms with E-state index in [1.165, 1.54) is 4.68 Å². The molecule has 1 aromatic heterocycles. The van der Waals surface area contributed by atoms with Crippen molar-refractivity contribution in [2.24, 2.45) is 17.6 Å². The van der Waals surface area contributed by atoms with Crippen LogP contribution in [0.2, 0.25) is 0 Å². The van der Waals surface area contributed by atoms with Gasteiger partial charge in [0.15, 0.2) is 5.82 Å². The molecule has 7 heteroatoms. The van der Waals surface area contributed by atoms with Gasteiger partial charge in [-0.1, -0.05) is 48.5 Å². The number of hydrogen-bond acceptors (Lipinski definition) is 4. The van der Waals surface area contributed by atoms with E-state index in [1.807, 2.05) is 60.7 Å². The highest BCUT2D eigenvalue weighted by Crippen LogP contribution is 2.29. The van der Waals surface area contributed by atoms with E-state index in [1.54, 1.807) is 0 Å². The molecular formula is C24H29N5O2. The number of nitrogens with one attached hydrogen (secondary N) is 2. The molecule has 4 rings (SSSR count). The molecule has 2 aromatic carbocycles. The number of amides is 1. The molecule has 1 saturated carbocycles. The Bertz CT molecular complexity index is 1040. The van der Waals surface area contributed by atoms with E-state index >= 15 is 0 Å². The van der Waals surface area contributed by atoms with Crippen LogP contribution < -0.4 is 16.7 Å². The summed E-state index contributed by atoms with van der Waals surface area (Å²) in [6, 6.07) is 18.8. The fourth-order valence-electron chi connectivity index (χ4n) is 4.26. The molecule has 1 aliphatic rings. The van der Waals surface area contributed by atoms with Crippen molar-refractivity contribution in [3.63, 3.8) is 0 Å². The molecule has 4 N–H and O–H groups in total. The number of nitrogens with two attached hydrogens (primary N) is 1. The number of nitrogens with zero attached hydrogens (tertiary/aromatic N) is 2. The van der Waals surface area contributed by atoms with Crippen LogP contribution in [-0.2, 0) is 11.2 Å². The second-order valence-corrected chi connectivity index (χ2v) is 8.27. The molecule has 31 heavy (non-hydrogen) atoms. The van der Waals surface area contributed by atoms with E-state index in [4.69, 9.17) is 5.73 Å². The molecule has 1 heterocycles. The summed E-state index contributed by atoms with van der Waals surface area (Å²) in [5, 5.41) is 7.68. The number of aromatic nitrogens is 3. The molecule has 0 aliphatic heterocycles. The molecular weight excluding hydrogens is 390 g/mol. The SMILES string of the molecule is NCC1CCC(C(=O)N[C@@H](Cc2ccccc2)c2nn(-c3ccccc3)c(=O)[nH]2)CC1. The predicted octanol–water partition coefficient (Wildman–Crippen LogP) is 2.73. The van der Waals surface area contributed by atoms with Gasteiger partial charge in [0, 0.05) is 5.92 Å². The smallest absolute Gasteiger partial charge is 0.345 e. The fourth-order valence-corrected chi connectivity index (χ4v) is 4.26. The van der Waals surface area contributed by atoms with E-state index in [0.717, 1.165) is 31.2 Å². The first kappa shape index (κ1) is 21.1. The lowest BCUT2D eigenvalue weighted by molar-refractivity contribution is -0.127. The molecule has 1 aliphatic carbocycles. The van der Waals surface area contributed by atoms with Crippen LogP contribution >= 0.6 is 0 Å². The molecule has 0 saturated heterocycles. The van der Waals surface area contributed by atoms with Crippen LogP contribution in [0.15, 0.2) is 65.5 Å². The molecule has 3 aromatic rings. The average molecular weight is 420 g/mol. The summed E-state index contributed by atoms with van der Waals surface area (Å²) in [5.74, 6) is 0.972. The number of aromatic amines is 1. The lowest BCUT2D eigenvalue weighted by Crippen LogP contribution is -2.37. The highest BCUT2D eigenvalue weighted by Gasteiger charge is 2.28. The minimum atomic E-state index is -0.417. The maximum absolute atomic E-state index is 13.1. The van der Waals surface area contributed by atoms with Crippen molar-refractivity contribution in [2.75, 3.05) is 6.54 Å². The number of carbonyl (C=O) groups is 1. The van der Waals surface area contributed by atoms with Crippen LogP contribution in [0.3, 0.4) is 0 Å². The second kappa shape index (κ2) is 9.75. The molecule has 1 atom stereocenters. The minimum absolute atomic E-state index is 0.0199. The van der Waals surface area contributed by atoms with Crippen LogP contribution in [-0.4, -0.2) is 27.2 Å². The number of rotatable bonds is 7. The van der Waals surface area contributed by atoms with Crippen LogP contribution in [0.5, 0.6) is 0 Å². The third-order valence-electron chi connectivity index (χ3n) is 6.12. The van der Waals surface area contributed by atoms with Gasteiger partial charge in [0.1, 0.15) is 0 Å². The Morgan fingerprint density at radius 1 is 1.06 bits per heavy atom. The zero-order chi connectivity index (χ0) is 21.6. The average Bonchev–Trinajstić information content (AvgIpc) is 3.21. The van der Waals surface area contributed by atoms with Crippen LogP contribution in [0.4, 0.5) is 0 Å². The Hall–Kier alpha value is -3.19. The highest BCUT2D eigenvalue weighted by atomic mass is 16.2. The van der Waals surface area contributed by atoms with Gasteiger partial charge in [-0.15, -0.1) is 5.10 Å². The summed E-state index contributed by atoms with van der Waals surface area (Å²) >= 11 is 0. The summed E-state index contributed by atoms with van der Waals surface area (Å²) < 4.78 is 1.34. The van der Waals surface area contributed by atoms with E-state index in [0.29, 0.717) is 30.4 Å². The Morgan fingerprint density at radius 2 is 1.71 bits per heavy atom. The second-order valence-electron chi connectivity index (χ2n) is 8.27. The summed E-state index contributed by atoms with van der Waals surface area (Å²) in [5.41, 5.74) is 7.21. The maximum atomic E-state index is 13.1. The van der Waals surface area contributed by atoms with Crippen molar-refractivity contribution < 1.29 is 4.79 Å². The van der Waals surface area contributed by atoms with Gasteiger partial charge in [0.25, 0.3) is 0 Å². The number of para-hydroxylation sites is 1. The third-order valence-corrected chi connectivity index (χ3v) is 6.12. The van der Waals surface area contributed by atoms with Gasteiger partial charge in [-0.25, -0.2) is 4.79 Å². The quantitative estimate of drug-likeness (QED) is 0.547. The molecule has 0 spiro atoms. The zero-order valence-corrected chi connectivity index (χ0v) is 17.5. The van der Waals surface area contributed by atoms with Crippen molar-refractivity contribution in [1.29, 1.82) is 0 Å². The van der Waals surface area contributed by atoms with Crippen LogP contribution in [0, 0.1) is 11.8 Å². The molecule has 162 valence electrons. The largest absolute Gasteiger partial charge is 0.348 e. The number of carbonyl (C=O) groups excluding carboxylic acids is 1. The lowest BCUT2D eigenvalue weighted by atomic mass is 9.81. The first-order valence-corrected chi connectivity index (χ1v) is 10.9. The molecule has 0 bridgehead atoms. The summed E-state index contributed by atoms with van der Waals surface area (Å²) in [6.45, 7) is 0.684. The number of benzene rings is 2. The Labute approximate surface area is 181 Å². The Kier molecular flexibility index (Phi) is 6.62. The molecule has 7 nitrogen and oxygen atoms in total. The summed E-state index contributed by atoms with van der Waals surface area (Å²) in [6.07, 6.45) is 4.21. The maximum Gasteiger partial charge on any atom is 0.348 e. The van der Waals surface area contributed by atoms with Crippen molar-refractivity contribution in [3.05, 3.63) is 82.5 Å². The normalized spacial score (nSPS) is 19.6. The molecule has 0 unspecified atom stereocenters. The molecule has 1 fully saturated rings. The first-order chi connectivity index (χ1) is 15.1. The molecule has 1 amide bonds. The predicted molar refractivity (Wildman–Crippen MR) is 120 cm³/mol. The van der Waals surface area contributed by atoms with Crippen LogP contribution in [0.25, 0.3) is 5.69 Å². The van der Waals surface area contributed by atoms with Gasteiger partial charge in [-0.2, -0.15) is 4.68 Å². The number of hydrogen-bond donors (Lipinski definition) is 3. The summed E-state index contributed by atoms with van der Waals surface area (Å²) in [7, 11) is 0. The van der Waals surface area contributed by atoms with Gasteiger partial charge in [0.05, 0.1) is 11.7 Å². The van der Waals surface area contributed by atoms with Crippen molar-refractivity contribution in [1.82, 2.24) is 20.1 Å². The van der Waals surface area contributed by atoms with Gasteiger partial charge < -0.3 is 11.1 Å². The monoisotopic (exact) mass is 419 g/mol. The Morgan fingerprint density at radius 3 is 2.35 bits per heavy atom. The minimum Gasteiger partial charge on any atom is -0.345 e. The van der Waals surface area contributed by atoms with Crippen molar-refractivity contribution in [3.8, 4) is 5.69 Å². The Balaban J connectivity index is 1.56. The van der Waals surface area contributed by atoms with E-state index in [-0.39, 0.29) is 17.5 Å². The first-order valence-electron chi connectivity index (χ1n) is 10.9. The van der Waals surface area contributed by atoms with Gasteiger partial charge >= 0.3 is 5.69 Å². The van der Waals surface area contributed by atoms with Gasteiger partial charge in [-0.05, 0) is 62.3 Å². The number of H-pyrrole nitrogens is 1. The van der Waals surface area contributed by atoms with Crippen molar-refractivity contribution >= 4 is 5.91 Å². The van der Waals surface area contributed by atoms with E-state index in [9.17, 15) is 9.59 Å². The zero-order valence-electron chi connectivity index (χ0n) is 17.5. The van der Waals surface area contributed by atoms with Gasteiger partial charge in [0.2, 0.25) is 5.91 Å². The fraction of sp³-hybridized carbons (Fsp3) is 0.375. The standard InChI is InChI=1S/C24H29N5O2/c25-16-18-11-13-19(14-12-18)23(30)26-21(15-17-7-3-1-4-8-17)22-27-24(31)29(28-22)20-9-5-2-6-10-20/h1-10,18-19,21H,11-16,25H2,(H,26,30)(H,27,28,31)/t18?,19?,21-/m0/s1. The lowest BCUT2D eigenvalue weighted by Gasteiger charge is -2.28. The van der Waals surface area contributed by atoms with E-state index in [2.05, 4.69) is 15.4 Å². The third kappa shape index (κ3) is 5.11. The highest BCUT2D eigenvalue weighted by molar-refractivity contribution is 5.79. The summed E-state index contributed by atoms with van der Waals surface area (Å²) in [4.78, 5) is 28.5. The topological polar surface area (TPSA) is 106 Å².